The van der Waals surface area contributed by atoms with E-state index < -0.39 is 0 Å². The molecule has 1 aliphatic rings. The lowest BCUT2D eigenvalue weighted by molar-refractivity contribution is 0.112. The van der Waals surface area contributed by atoms with Gasteiger partial charge in [0.2, 0.25) is 0 Å². The van der Waals surface area contributed by atoms with Gasteiger partial charge in [-0.15, -0.1) is 10.2 Å². The van der Waals surface area contributed by atoms with E-state index in [0.29, 0.717) is 23.2 Å². The molecule has 0 radical (unpaired) electrons. The summed E-state index contributed by atoms with van der Waals surface area (Å²) in [6.07, 6.45) is 4.14. The highest BCUT2D eigenvalue weighted by Crippen LogP contribution is 2.25. The molecule has 1 aromatic carbocycles. The summed E-state index contributed by atoms with van der Waals surface area (Å²) in [7, 11) is 0. The van der Waals surface area contributed by atoms with Crippen LogP contribution >= 0.6 is 11.6 Å². The summed E-state index contributed by atoms with van der Waals surface area (Å²) in [6.45, 7) is 4.63. The number of piperidine rings is 1. The van der Waals surface area contributed by atoms with Crippen LogP contribution in [0.1, 0.15) is 35.2 Å². The van der Waals surface area contributed by atoms with E-state index >= 15 is 0 Å². The van der Waals surface area contributed by atoms with Gasteiger partial charge in [0.1, 0.15) is 12.0 Å². The van der Waals surface area contributed by atoms with Crippen molar-refractivity contribution in [3.63, 3.8) is 0 Å². The number of benzene rings is 1. The molecule has 0 unspecified atom stereocenters. The molecular weight excluding hydrogens is 338 g/mol. The number of rotatable bonds is 6. The third-order valence-corrected chi connectivity index (χ3v) is 4.88. The predicted molar refractivity (Wildman–Crippen MR) is 98.7 cm³/mol. The van der Waals surface area contributed by atoms with Crippen LogP contribution in [-0.4, -0.2) is 36.2 Å². The minimum atomic E-state index is 0.423. The quantitative estimate of drug-likeness (QED) is 0.731. The van der Waals surface area contributed by atoms with Crippen LogP contribution in [0.4, 0.5) is 5.82 Å². The van der Waals surface area contributed by atoms with Gasteiger partial charge in [-0.25, -0.2) is 0 Å². The predicted octanol–water partition coefficient (Wildman–Crippen LogP) is 3.94. The third-order valence-electron chi connectivity index (χ3n) is 4.68. The van der Waals surface area contributed by atoms with Crippen LogP contribution in [0.3, 0.4) is 0 Å². The highest BCUT2D eigenvalue weighted by Gasteiger charge is 2.20. The van der Waals surface area contributed by atoms with E-state index in [2.05, 4.69) is 15.1 Å². The molecule has 0 atom stereocenters. The molecule has 132 valence electrons. The van der Waals surface area contributed by atoms with Gasteiger partial charge in [-0.1, -0.05) is 11.6 Å². The van der Waals surface area contributed by atoms with E-state index in [4.69, 9.17) is 16.3 Å². The molecule has 0 N–H and O–H groups in total. The van der Waals surface area contributed by atoms with E-state index in [1.807, 2.05) is 25.1 Å². The maximum Gasteiger partial charge on any atom is 0.151 e. The van der Waals surface area contributed by atoms with Crippen LogP contribution in [0.15, 0.2) is 30.3 Å². The van der Waals surface area contributed by atoms with Crippen molar-refractivity contribution in [1.82, 2.24) is 10.2 Å². The summed E-state index contributed by atoms with van der Waals surface area (Å²) in [5.41, 5.74) is 1.68. The summed E-state index contributed by atoms with van der Waals surface area (Å²) < 4.78 is 5.90. The molecule has 1 fully saturated rings. The zero-order chi connectivity index (χ0) is 17.6. The van der Waals surface area contributed by atoms with Gasteiger partial charge in [-0.2, -0.15) is 0 Å². The number of carbonyl (C=O) groups is 1. The molecule has 1 saturated heterocycles. The normalized spacial score (nSPS) is 15.2. The average Bonchev–Trinajstić information content (AvgIpc) is 2.64. The summed E-state index contributed by atoms with van der Waals surface area (Å²) in [6, 6.07) is 9.22. The van der Waals surface area contributed by atoms with Crippen molar-refractivity contribution < 1.29 is 9.53 Å². The van der Waals surface area contributed by atoms with Crippen LogP contribution in [-0.2, 0) is 0 Å². The van der Waals surface area contributed by atoms with Gasteiger partial charge in [0.25, 0.3) is 0 Å². The maximum absolute atomic E-state index is 10.8. The van der Waals surface area contributed by atoms with Crippen molar-refractivity contribution in [2.45, 2.75) is 26.2 Å². The van der Waals surface area contributed by atoms with Gasteiger partial charge in [0, 0.05) is 18.7 Å². The number of aldehydes is 1. The Morgan fingerprint density at radius 1 is 1.24 bits per heavy atom. The average molecular weight is 360 g/mol. The van der Waals surface area contributed by atoms with Crippen LogP contribution in [0.25, 0.3) is 0 Å². The monoisotopic (exact) mass is 359 g/mol. The van der Waals surface area contributed by atoms with Crippen molar-refractivity contribution in [2.24, 2.45) is 5.92 Å². The Hall–Kier alpha value is -2.14. The molecule has 6 heteroatoms. The number of aryl methyl sites for hydroxylation is 1. The number of nitrogens with zero attached hydrogens (tertiary/aromatic N) is 3. The number of aromatic nitrogens is 2. The van der Waals surface area contributed by atoms with Crippen LogP contribution in [0.5, 0.6) is 5.75 Å². The number of halogens is 1. The fourth-order valence-electron chi connectivity index (χ4n) is 3.17. The first-order valence-corrected chi connectivity index (χ1v) is 8.96. The summed E-state index contributed by atoms with van der Waals surface area (Å²) >= 11 is 5.79. The van der Waals surface area contributed by atoms with E-state index in [1.165, 1.54) is 0 Å². The Bertz CT molecular complexity index is 713. The molecule has 1 aromatic heterocycles. The van der Waals surface area contributed by atoms with Gasteiger partial charge < -0.3 is 9.64 Å². The molecule has 2 heterocycles. The Balaban J connectivity index is 1.43. The van der Waals surface area contributed by atoms with Crippen molar-refractivity contribution in [3.8, 4) is 5.75 Å². The Morgan fingerprint density at radius 2 is 2.04 bits per heavy atom. The fraction of sp³-hybridized carbons (Fsp3) is 0.421. The highest BCUT2D eigenvalue weighted by molar-refractivity contribution is 6.29. The fourth-order valence-corrected chi connectivity index (χ4v) is 3.27. The maximum atomic E-state index is 10.8. The molecular formula is C19H22ClN3O2. The SMILES string of the molecule is Cc1cc(C=O)ccc1OCCC1CCN(c2ccc(Cl)nn2)CC1. The Labute approximate surface area is 153 Å². The van der Waals surface area contributed by atoms with Crippen molar-refractivity contribution in [2.75, 3.05) is 24.6 Å². The van der Waals surface area contributed by atoms with Gasteiger partial charge in [0.05, 0.1) is 6.61 Å². The minimum absolute atomic E-state index is 0.423. The molecule has 0 bridgehead atoms. The van der Waals surface area contributed by atoms with Gasteiger partial charge in [-0.05, 0) is 68.0 Å². The number of hydrogen-bond acceptors (Lipinski definition) is 5. The second-order valence-electron chi connectivity index (χ2n) is 6.42. The lowest BCUT2D eigenvalue weighted by Gasteiger charge is -2.32. The van der Waals surface area contributed by atoms with E-state index in [0.717, 1.165) is 55.8 Å². The van der Waals surface area contributed by atoms with Gasteiger partial charge >= 0.3 is 0 Å². The molecule has 0 spiro atoms. The van der Waals surface area contributed by atoms with Gasteiger partial charge in [0.15, 0.2) is 11.0 Å². The lowest BCUT2D eigenvalue weighted by atomic mass is 9.94. The molecule has 0 saturated carbocycles. The topological polar surface area (TPSA) is 55.3 Å². The second kappa shape index (κ2) is 8.30. The molecule has 1 aliphatic heterocycles. The molecule has 0 aliphatic carbocycles. The molecule has 0 amide bonds. The van der Waals surface area contributed by atoms with E-state index in [9.17, 15) is 4.79 Å². The minimum Gasteiger partial charge on any atom is -0.493 e. The number of hydrogen-bond donors (Lipinski definition) is 0. The third kappa shape index (κ3) is 4.69. The summed E-state index contributed by atoms with van der Waals surface area (Å²) in [5, 5.41) is 8.48. The highest BCUT2D eigenvalue weighted by atomic mass is 35.5. The number of anilines is 1. The largest absolute Gasteiger partial charge is 0.493 e. The second-order valence-corrected chi connectivity index (χ2v) is 6.81. The van der Waals surface area contributed by atoms with Crippen molar-refractivity contribution in [3.05, 3.63) is 46.6 Å². The van der Waals surface area contributed by atoms with E-state index in [-0.39, 0.29) is 0 Å². The smallest absolute Gasteiger partial charge is 0.151 e. The molecule has 3 rings (SSSR count). The van der Waals surface area contributed by atoms with Crippen LogP contribution in [0.2, 0.25) is 5.15 Å². The standard InChI is InChI=1S/C19H22ClN3O2/c1-14-12-16(13-24)2-3-17(14)25-11-8-15-6-9-23(10-7-15)19-5-4-18(20)21-22-19/h2-5,12-13,15H,6-11H2,1H3. The molecule has 5 nitrogen and oxygen atoms in total. The van der Waals surface area contributed by atoms with E-state index in [1.54, 1.807) is 12.1 Å². The lowest BCUT2D eigenvalue weighted by Crippen LogP contribution is -2.34. The van der Waals surface area contributed by atoms with Crippen LogP contribution < -0.4 is 9.64 Å². The van der Waals surface area contributed by atoms with Gasteiger partial charge in [-0.3, -0.25) is 4.79 Å². The first-order valence-electron chi connectivity index (χ1n) is 8.58. The zero-order valence-corrected chi connectivity index (χ0v) is 15.1. The summed E-state index contributed by atoms with van der Waals surface area (Å²) in [5.74, 6) is 2.41. The Kier molecular flexibility index (Phi) is 5.87. The Morgan fingerprint density at radius 3 is 2.68 bits per heavy atom. The first kappa shape index (κ1) is 17.7. The molecule has 2 aromatic rings. The zero-order valence-electron chi connectivity index (χ0n) is 14.3. The number of carbonyl (C=O) groups excluding carboxylic acids is 1. The van der Waals surface area contributed by atoms with Crippen molar-refractivity contribution >= 4 is 23.7 Å². The summed E-state index contributed by atoms with van der Waals surface area (Å²) in [4.78, 5) is 13.0. The number of ether oxygens (including phenoxy) is 1. The van der Waals surface area contributed by atoms with Crippen molar-refractivity contribution in [1.29, 1.82) is 0 Å². The molecule has 25 heavy (non-hydrogen) atoms. The first-order chi connectivity index (χ1) is 12.2. The van der Waals surface area contributed by atoms with Crippen LogP contribution in [0, 0.1) is 12.8 Å².